The van der Waals surface area contributed by atoms with E-state index in [0.29, 0.717) is 28.2 Å². The van der Waals surface area contributed by atoms with Crippen LogP contribution in [0.1, 0.15) is 50.7 Å². The zero-order chi connectivity index (χ0) is 14.5. The van der Waals surface area contributed by atoms with Gasteiger partial charge in [0.25, 0.3) is 0 Å². The average Bonchev–Trinajstić information content (AvgIpc) is 2.47. The molecule has 112 valence electrons. The van der Waals surface area contributed by atoms with Crippen molar-refractivity contribution in [1.29, 1.82) is 0 Å². The largest absolute Gasteiger partial charge is 0.387 e. The van der Waals surface area contributed by atoms with E-state index in [2.05, 4.69) is 12.2 Å². The van der Waals surface area contributed by atoms with Gasteiger partial charge in [0.1, 0.15) is 0 Å². The second kappa shape index (κ2) is 7.65. The fraction of sp³-hybridized carbons (Fsp3) is 0.625. The molecule has 1 fully saturated rings. The van der Waals surface area contributed by atoms with Gasteiger partial charge in [-0.25, -0.2) is 0 Å². The number of halogens is 2. The fourth-order valence-corrected chi connectivity index (χ4v) is 3.53. The van der Waals surface area contributed by atoms with Gasteiger partial charge in [-0.05, 0) is 37.0 Å². The van der Waals surface area contributed by atoms with E-state index in [4.69, 9.17) is 23.2 Å². The molecule has 1 aromatic carbocycles. The Labute approximate surface area is 131 Å². The molecule has 1 aliphatic rings. The van der Waals surface area contributed by atoms with Gasteiger partial charge in [-0.3, -0.25) is 0 Å². The first-order valence-electron chi connectivity index (χ1n) is 7.48. The van der Waals surface area contributed by atoms with Crippen molar-refractivity contribution in [3.8, 4) is 0 Å². The molecule has 0 spiro atoms. The van der Waals surface area contributed by atoms with E-state index in [0.717, 1.165) is 5.92 Å². The van der Waals surface area contributed by atoms with E-state index in [9.17, 15) is 5.11 Å². The third-order valence-corrected chi connectivity index (χ3v) is 4.90. The molecule has 0 bridgehead atoms. The molecule has 0 aliphatic heterocycles. The minimum absolute atomic E-state index is 0.515. The molecule has 3 unspecified atom stereocenters. The number of hydrogen-bond acceptors (Lipinski definition) is 2. The first kappa shape index (κ1) is 16.1. The lowest BCUT2D eigenvalue weighted by Gasteiger charge is -2.32. The Bertz CT molecular complexity index is 438. The molecule has 2 nitrogen and oxygen atoms in total. The van der Waals surface area contributed by atoms with E-state index in [-0.39, 0.29) is 0 Å². The maximum atomic E-state index is 10.3. The maximum absolute atomic E-state index is 10.3. The molecule has 0 radical (unpaired) electrons. The van der Waals surface area contributed by atoms with Crippen molar-refractivity contribution in [1.82, 2.24) is 5.32 Å². The van der Waals surface area contributed by atoms with Crippen LogP contribution in [-0.2, 0) is 0 Å². The van der Waals surface area contributed by atoms with Gasteiger partial charge in [0, 0.05) is 28.2 Å². The van der Waals surface area contributed by atoms with E-state index >= 15 is 0 Å². The molecule has 0 heterocycles. The summed E-state index contributed by atoms with van der Waals surface area (Å²) in [4.78, 5) is 0. The van der Waals surface area contributed by atoms with E-state index in [1.807, 2.05) is 0 Å². The monoisotopic (exact) mass is 315 g/mol. The second-order valence-corrected chi connectivity index (χ2v) is 6.49. The minimum Gasteiger partial charge on any atom is -0.387 e. The predicted molar refractivity (Wildman–Crippen MR) is 85.5 cm³/mol. The van der Waals surface area contributed by atoms with Gasteiger partial charge in [0.05, 0.1) is 6.10 Å². The summed E-state index contributed by atoms with van der Waals surface area (Å²) in [6.45, 7) is 2.77. The quantitative estimate of drug-likeness (QED) is 0.833. The smallest absolute Gasteiger partial charge is 0.0929 e. The number of hydrogen-bond donors (Lipinski definition) is 2. The van der Waals surface area contributed by atoms with Gasteiger partial charge < -0.3 is 10.4 Å². The molecule has 0 amide bonds. The summed E-state index contributed by atoms with van der Waals surface area (Å²) >= 11 is 12.1. The van der Waals surface area contributed by atoms with Crippen molar-refractivity contribution in [2.24, 2.45) is 5.92 Å². The van der Waals surface area contributed by atoms with E-state index in [1.165, 1.54) is 32.1 Å². The number of rotatable bonds is 5. The Morgan fingerprint density at radius 3 is 2.80 bits per heavy atom. The zero-order valence-corrected chi connectivity index (χ0v) is 13.4. The fourth-order valence-electron chi connectivity index (χ4n) is 3.11. The topological polar surface area (TPSA) is 32.3 Å². The van der Waals surface area contributed by atoms with Crippen LogP contribution in [0.4, 0.5) is 0 Å². The average molecular weight is 316 g/mol. The van der Waals surface area contributed by atoms with Gasteiger partial charge in [0.2, 0.25) is 0 Å². The molecule has 1 saturated carbocycles. The van der Waals surface area contributed by atoms with E-state index in [1.54, 1.807) is 18.2 Å². The van der Waals surface area contributed by atoms with Gasteiger partial charge in [-0.1, -0.05) is 49.4 Å². The lowest BCUT2D eigenvalue weighted by atomic mass is 9.83. The summed E-state index contributed by atoms with van der Waals surface area (Å²) < 4.78 is 0. The summed E-state index contributed by atoms with van der Waals surface area (Å²) in [6.07, 6.45) is 5.70. The lowest BCUT2D eigenvalue weighted by molar-refractivity contribution is 0.154. The number of benzene rings is 1. The van der Waals surface area contributed by atoms with Crippen LogP contribution in [-0.4, -0.2) is 17.7 Å². The number of aliphatic hydroxyl groups is 1. The first-order chi connectivity index (χ1) is 9.61. The Morgan fingerprint density at radius 1 is 1.30 bits per heavy atom. The molecular formula is C16H23Cl2NO. The predicted octanol–water partition coefficient (Wildman–Crippen LogP) is 4.59. The summed E-state index contributed by atoms with van der Waals surface area (Å²) in [7, 11) is 0. The summed E-state index contributed by atoms with van der Waals surface area (Å²) in [6, 6.07) is 5.73. The summed E-state index contributed by atoms with van der Waals surface area (Å²) in [5.74, 6) is 0.728. The molecule has 2 N–H and O–H groups in total. The molecule has 0 aromatic heterocycles. The number of nitrogens with one attached hydrogen (secondary N) is 1. The molecule has 3 atom stereocenters. The molecule has 1 aliphatic carbocycles. The molecule has 20 heavy (non-hydrogen) atoms. The molecule has 2 rings (SSSR count). The van der Waals surface area contributed by atoms with Gasteiger partial charge in [0.15, 0.2) is 0 Å². The highest BCUT2D eigenvalue weighted by Gasteiger charge is 2.24. The van der Waals surface area contributed by atoms with Crippen LogP contribution >= 0.6 is 23.2 Å². The van der Waals surface area contributed by atoms with Gasteiger partial charge >= 0.3 is 0 Å². The Morgan fingerprint density at radius 2 is 2.05 bits per heavy atom. The van der Waals surface area contributed by atoms with Gasteiger partial charge in [-0.15, -0.1) is 0 Å². The van der Waals surface area contributed by atoms with Crippen LogP contribution in [0.3, 0.4) is 0 Å². The maximum Gasteiger partial charge on any atom is 0.0929 e. The van der Waals surface area contributed by atoms with Crippen LogP contribution in [0, 0.1) is 5.92 Å². The molecule has 0 saturated heterocycles. The third-order valence-electron chi connectivity index (χ3n) is 4.32. The zero-order valence-electron chi connectivity index (χ0n) is 11.9. The highest BCUT2D eigenvalue weighted by molar-refractivity contribution is 6.33. The normalized spacial score (nSPS) is 24.6. The SMILES string of the molecule is CCC1CCCCC1NCC(O)c1cc(Cl)ccc1Cl. The third kappa shape index (κ3) is 4.11. The van der Waals surface area contributed by atoms with Crippen molar-refractivity contribution in [2.75, 3.05) is 6.54 Å². The standard InChI is InChI=1S/C16H23Cl2NO/c1-2-11-5-3-4-6-15(11)19-10-16(20)13-9-12(17)7-8-14(13)18/h7-9,11,15-16,19-20H,2-6,10H2,1H3. The van der Waals surface area contributed by atoms with Crippen LogP contribution in [0.5, 0.6) is 0 Å². The van der Waals surface area contributed by atoms with Gasteiger partial charge in [-0.2, -0.15) is 0 Å². The van der Waals surface area contributed by atoms with Crippen molar-refractivity contribution in [3.63, 3.8) is 0 Å². The summed E-state index contributed by atoms with van der Waals surface area (Å²) in [5.41, 5.74) is 0.704. The van der Waals surface area contributed by atoms with Crippen molar-refractivity contribution < 1.29 is 5.11 Å². The summed E-state index contributed by atoms with van der Waals surface area (Å²) in [5, 5.41) is 15.0. The van der Waals surface area contributed by atoms with Crippen molar-refractivity contribution in [2.45, 2.75) is 51.2 Å². The highest BCUT2D eigenvalue weighted by atomic mass is 35.5. The van der Waals surface area contributed by atoms with Crippen molar-refractivity contribution in [3.05, 3.63) is 33.8 Å². The highest BCUT2D eigenvalue weighted by Crippen LogP contribution is 2.29. The van der Waals surface area contributed by atoms with Crippen LogP contribution in [0.2, 0.25) is 10.0 Å². The number of aliphatic hydroxyl groups excluding tert-OH is 1. The Balaban J connectivity index is 1.94. The molecular weight excluding hydrogens is 293 g/mol. The first-order valence-corrected chi connectivity index (χ1v) is 8.23. The molecule has 4 heteroatoms. The minimum atomic E-state index is -0.611. The lowest BCUT2D eigenvalue weighted by Crippen LogP contribution is -2.40. The van der Waals surface area contributed by atoms with Crippen LogP contribution in [0.15, 0.2) is 18.2 Å². The Kier molecular flexibility index (Phi) is 6.16. The Hall–Kier alpha value is -0.280. The van der Waals surface area contributed by atoms with Crippen molar-refractivity contribution >= 4 is 23.2 Å². The second-order valence-electron chi connectivity index (χ2n) is 5.65. The van der Waals surface area contributed by atoms with Crippen LogP contribution in [0.25, 0.3) is 0 Å². The van der Waals surface area contributed by atoms with Crippen LogP contribution < -0.4 is 5.32 Å². The van der Waals surface area contributed by atoms with E-state index < -0.39 is 6.10 Å². The molecule has 1 aromatic rings.